The Balaban J connectivity index is 1.62. The molecule has 2 aromatic heterocycles. The summed E-state index contributed by atoms with van der Waals surface area (Å²) >= 11 is 0. The maximum absolute atomic E-state index is 12.1. The molecule has 1 N–H and O–H groups in total. The summed E-state index contributed by atoms with van der Waals surface area (Å²) in [5.41, 5.74) is 1.70. The summed E-state index contributed by atoms with van der Waals surface area (Å²) in [6, 6.07) is 15.1. The summed E-state index contributed by atoms with van der Waals surface area (Å²) in [4.78, 5) is 0. The monoisotopic (exact) mass is 316 g/mol. The number of benzene rings is 1. The fraction of sp³-hybridized carbons (Fsp3) is 0.200. The lowest BCUT2D eigenvalue weighted by atomic mass is 10.2. The van der Waals surface area contributed by atoms with Gasteiger partial charge in [0.1, 0.15) is 0 Å². The van der Waals surface area contributed by atoms with Crippen LogP contribution in [0.25, 0.3) is 5.65 Å². The summed E-state index contributed by atoms with van der Waals surface area (Å²) in [5, 5.41) is 7.99. The number of sulfonamides is 1. The molecule has 0 spiro atoms. The molecule has 22 heavy (non-hydrogen) atoms. The molecule has 0 unspecified atom stereocenters. The highest BCUT2D eigenvalue weighted by Crippen LogP contribution is 2.04. The number of aryl methyl sites for hydroxylation is 1. The van der Waals surface area contributed by atoms with E-state index in [9.17, 15) is 8.42 Å². The van der Waals surface area contributed by atoms with Gasteiger partial charge >= 0.3 is 0 Å². The van der Waals surface area contributed by atoms with Crippen molar-refractivity contribution < 1.29 is 8.42 Å². The Labute approximate surface area is 128 Å². The van der Waals surface area contributed by atoms with Crippen molar-refractivity contribution in [2.45, 2.75) is 13.0 Å². The summed E-state index contributed by atoms with van der Waals surface area (Å²) in [5.74, 6) is 0.618. The minimum atomic E-state index is -3.36. The molecule has 0 radical (unpaired) electrons. The molecular weight excluding hydrogens is 300 g/mol. The first-order valence-electron chi connectivity index (χ1n) is 6.94. The topological polar surface area (TPSA) is 76.4 Å². The molecule has 3 rings (SSSR count). The molecule has 0 aliphatic rings. The Morgan fingerprint density at radius 1 is 1.00 bits per heavy atom. The van der Waals surface area contributed by atoms with Crippen LogP contribution in [0.4, 0.5) is 0 Å². The van der Waals surface area contributed by atoms with Gasteiger partial charge in [0.2, 0.25) is 10.0 Å². The highest BCUT2D eigenvalue weighted by molar-refractivity contribution is 7.89. The normalized spacial score (nSPS) is 11.8. The molecule has 0 amide bonds. The van der Waals surface area contributed by atoms with E-state index in [0.717, 1.165) is 5.56 Å². The Morgan fingerprint density at radius 2 is 1.77 bits per heavy atom. The average Bonchev–Trinajstić information content (AvgIpc) is 2.96. The van der Waals surface area contributed by atoms with E-state index >= 15 is 0 Å². The van der Waals surface area contributed by atoms with Crippen molar-refractivity contribution >= 4 is 15.7 Å². The quantitative estimate of drug-likeness (QED) is 0.745. The molecule has 7 heteroatoms. The molecule has 0 saturated carbocycles. The number of nitrogens with zero attached hydrogens (tertiary/aromatic N) is 3. The number of aromatic nitrogens is 3. The lowest BCUT2D eigenvalue weighted by Crippen LogP contribution is -2.27. The Bertz CT molecular complexity index is 859. The third kappa shape index (κ3) is 3.49. The van der Waals surface area contributed by atoms with Crippen molar-refractivity contribution in [3.63, 3.8) is 0 Å². The molecule has 1 aromatic carbocycles. The Morgan fingerprint density at radius 3 is 2.59 bits per heavy atom. The van der Waals surface area contributed by atoms with Crippen molar-refractivity contribution in [2.24, 2.45) is 0 Å². The number of rotatable bonds is 6. The van der Waals surface area contributed by atoms with Gasteiger partial charge in [0, 0.05) is 6.20 Å². The maximum Gasteiger partial charge on any atom is 0.212 e. The van der Waals surface area contributed by atoms with Gasteiger partial charge in [0.25, 0.3) is 0 Å². The summed E-state index contributed by atoms with van der Waals surface area (Å²) in [6.07, 6.45) is 2.29. The number of hydrogen-bond acceptors (Lipinski definition) is 4. The molecule has 0 aliphatic carbocycles. The predicted molar refractivity (Wildman–Crippen MR) is 83.8 cm³/mol. The number of pyridine rings is 1. The zero-order valence-corrected chi connectivity index (χ0v) is 12.7. The minimum Gasteiger partial charge on any atom is -0.285 e. The molecule has 0 aliphatic heterocycles. The standard InChI is InChI=1S/C15H16N4O2S/c20-22(21,11-9-13-6-2-1-3-7-13)16-12-15-18-17-14-8-4-5-10-19(14)15/h1-8,10,16H,9,11-12H2. The number of nitrogens with one attached hydrogen (secondary N) is 1. The third-order valence-corrected chi connectivity index (χ3v) is 4.66. The van der Waals surface area contributed by atoms with Crippen molar-refractivity contribution in [3.8, 4) is 0 Å². The van der Waals surface area contributed by atoms with E-state index in [1.807, 2.05) is 54.7 Å². The van der Waals surface area contributed by atoms with E-state index in [0.29, 0.717) is 17.9 Å². The average molecular weight is 316 g/mol. The fourth-order valence-electron chi connectivity index (χ4n) is 2.16. The highest BCUT2D eigenvalue weighted by atomic mass is 32.2. The molecule has 0 atom stereocenters. The van der Waals surface area contributed by atoms with Crippen LogP contribution in [0.5, 0.6) is 0 Å². The van der Waals surface area contributed by atoms with E-state index in [1.54, 1.807) is 4.40 Å². The van der Waals surface area contributed by atoms with Crippen LogP contribution in [0, 0.1) is 0 Å². The van der Waals surface area contributed by atoms with Crippen LogP contribution >= 0.6 is 0 Å². The second kappa shape index (κ2) is 6.25. The van der Waals surface area contributed by atoms with Gasteiger partial charge in [-0.05, 0) is 24.1 Å². The number of fused-ring (bicyclic) bond motifs is 1. The molecule has 0 bridgehead atoms. The van der Waals surface area contributed by atoms with Crippen LogP contribution in [0.15, 0.2) is 54.7 Å². The molecule has 0 fully saturated rings. The summed E-state index contributed by atoms with van der Waals surface area (Å²) in [6.45, 7) is 0.127. The molecular formula is C15H16N4O2S. The smallest absolute Gasteiger partial charge is 0.212 e. The van der Waals surface area contributed by atoms with Gasteiger partial charge in [-0.1, -0.05) is 36.4 Å². The third-order valence-electron chi connectivity index (χ3n) is 3.34. The largest absolute Gasteiger partial charge is 0.285 e. The molecule has 6 nitrogen and oxygen atoms in total. The predicted octanol–water partition coefficient (Wildman–Crippen LogP) is 1.39. The van der Waals surface area contributed by atoms with Gasteiger partial charge in [-0.3, -0.25) is 4.40 Å². The maximum atomic E-state index is 12.1. The first kappa shape index (κ1) is 14.7. The van der Waals surface area contributed by atoms with Gasteiger partial charge in [0.15, 0.2) is 11.5 Å². The van der Waals surface area contributed by atoms with E-state index in [1.165, 1.54) is 0 Å². The summed E-state index contributed by atoms with van der Waals surface area (Å²) in [7, 11) is -3.36. The zero-order valence-electron chi connectivity index (χ0n) is 11.9. The van der Waals surface area contributed by atoms with Gasteiger partial charge in [-0.2, -0.15) is 0 Å². The summed E-state index contributed by atoms with van der Waals surface area (Å²) < 4.78 is 28.5. The lowest BCUT2D eigenvalue weighted by molar-refractivity contribution is 0.578. The second-order valence-electron chi connectivity index (χ2n) is 4.92. The van der Waals surface area contributed by atoms with Gasteiger partial charge < -0.3 is 0 Å². The second-order valence-corrected chi connectivity index (χ2v) is 6.85. The molecule has 3 aromatic rings. The van der Waals surface area contributed by atoms with Crippen LogP contribution < -0.4 is 4.72 Å². The zero-order chi connectivity index (χ0) is 15.4. The van der Waals surface area contributed by atoms with Crippen LogP contribution in [0.1, 0.15) is 11.4 Å². The van der Waals surface area contributed by atoms with Crippen LogP contribution in [-0.4, -0.2) is 28.8 Å². The molecule has 114 valence electrons. The SMILES string of the molecule is O=S(=O)(CCc1ccccc1)NCc1nnc2ccccn12. The minimum absolute atomic E-state index is 0.0494. The van der Waals surface area contributed by atoms with Crippen molar-refractivity contribution in [1.82, 2.24) is 19.3 Å². The van der Waals surface area contributed by atoms with Crippen LogP contribution in [0.3, 0.4) is 0 Å². The van der Waals surface area contributed by atoms with Crippen molar-refractivity contribution in [3.05, 3.63) is 66.1 Å². The van der Waals surface area contributed by atoms with E-state index < -0.39 is 10.0 Å². The van der Waals surface area contributed by atoms with Crippen molar-refractivity contribution in [1.29, 1.82) is 0 Å². The number of hydrogen-bond donors (Lipinski definition) is 1. The first-order chi connectivity index (χ1) is 10.6. The molecule has 2 heterocycles. The van der Waals surface area contributed by atoms with E-state index in [2.05, 4.69) is 14.9 Å². The van der Waals surface area contributed by atoms with Crippen molar-refractivity contribution in [2.75, 3.05) is 5.75 Å². The van der Waals surface area contributed by atoms with Gasteiger partial charge in [-0.15, -0.1) is 10.2 Å². The van der Waals surface area contributed by atoms with Gasteiger partial charge in [-0.25, -0.2) is 13.1 Å². The van der Waals surface area contributed by atoms with E-state index in [-0.39, 0.29) is 12.3 Å². The molecule has 0 saturated heterocycles. The van der Waals surface area contributed by atoms with E-state index in [4.69, 9.17) is 0 Å². The lowest BCUT2D eigenvalue weighted by Gasteiger charge is -2.06. The Kier molecular flexibility index (Phi) is 4.17. The first-order valence-corrected chi connectivity index (χ1v) is 8.59. The Hall–Kier alpha value is -2.25. The fourth-order valence-corrected chi connectivity index (χ4v) is 3.15. The van der Waals surface area contributed by atoms with Gasteiger partial charge in [0.05, 0.1) is 12.3 Å². The van der Waals surface area contributed by atoms with Crippen LogP contribution in [-0.2, 0) is 23.0 Å². The van der Waals surface area contributed by atoms with Crippen LogP contribution in [0.2, 0.25) is 0 Å². The highest BCUT2D eigenvalue weighted by Gasteiger charge is 2.12.